The fourth-order valence-electron chi connectivity index (χ4n) is 9.64. The van der Waals surface area contributed by atoms with Gasteiger partial charge in [-0.05, 0) is 99.8 Å². The Morgan fingerprint density at radius 1 is 0.934 bits per heavy atom. The molecule has 0 amide bonds. The molecule has 3 fully saturated rings. The van der Waals surface area contributed by atoms with Crippen LogP contribution < -0.4 is 0 Å². The van der Waals surface area contributed by atoms with Crippen LogP contribution in [0.5, 0.6) is 0 Å². The van der Waals surface area contributed by atoms with Gasteiger partial charge in [-0.3, -0.25) is 4.79 Å². The van der Waals surface area contributed by atoms with Crippen molar-refractivity contribution in [2.24, 2.45) is 17.8 Å². The molecule has 3 aliphatic heterocycles. The fourth-order valence-corrected chi connectivity index (χ4v) is 11.0. The summed E-state index contributed by atoms with van der Waals surface area (Å²) < 4.78 is 66.6. The van der Waals surface area contributed by atoms with Gasteiger partial charge in [-0.1, -0.05) is 38.5 Å². The van der Waals surface area contributed by atoms with Crippen molar-refractivity contribution in [3.8, 4) is 0 Å². The zero-order valence-corrected chi connectivity index (χ0v) is 39.5. The molecule has 1 aromatic rings. The van der Waals surface area contributed by atoms with Crippen molar-refractivity contribution in [2.45, 2.75) is 197 Å². The van der Waals surface area contributed by atoms with Crippen LogP contribution >= 0.6 is 0 Å². The molecule has 0 saturated carbocycles. The van der Waals surface area contributed by atoms with Gasteiger partial charge in [-0.25, -0.2) is 8.42 Å². The molecule has 0 radical (unpaired) electrons. The number of aryl methyl sites for hydroxylation is 1. The number of cyclic esters (lactones) is 1. The van der Waals surface area contributed by atoms with Gasteiger partial charge in [0.1, 0.15) is 30.0 Å². The zero-order chi connectivity index (χ0) is 46.2. The number of methoxy groups -OCH3 is 1. The first-order valence-corrected chi connectivity index (χ1v) is 23.2. The third kappa shape index (κ3) is 11.3. The second kappa shape index (κ2) is 20.1. The van der Waals surface area contributed by atoms with Crippen LogP contribution in [0.1, 0.15) is 100 Å². The number of nitrogens with zero attached hydrogens (tertiary/aromatic N) is 2. The van der Waals surface area contributed by atoms with Crippen LogP contribution in [0, 0.1) is 24.7 Å². The number of ether oxygens (including phenoxy) is 6. The Kier molecular flexibility index (Phi) is 17.1. The van der Waals surface area contributed by atoms with E-state index in [1.165, 1.54) is 33.2 Å². The molecule has 16 nitrogen and oxygen atoms in total. The summed E-state index contributed by atoms with van der Waals surface area (Å²) in [7, 11) is 0.609. The summed E-state index contributed by atoms with van der Waals surface area (Å²) in [5.74, 6) is -3.03. The van der Waals surface area contributed by atoms with Crippen LogP contribution in [-0.4, -0.2) is 167 Å². The first-order valence-electron chi connectivity index (χ1n) is 21.7. The van der Waals surface area contributed by atoms with Crippen molar-refractivity contribution < 1.29 is 67.2 Å². The molecule has 18 atom stereocenters. The Bertz CT molecular complexity index is 1700. The maximum absolute atomic E-state index is 14.4. The highest BCUT2D eigenvalue weighted by atomic mass is 32.2. The average molecular weight is 889 g/mol. The Hall–Kier alpha value is -1.84. The van der Waals surface area contributed by atoms with Crippen LogP contribution in [0.15, 0.2) is 29.2 Å². The van der Waals surface area contributed by atoms with Gasteiger partial charge in [-0.15, -0.1) is 0 Å². The number of likely N-dealkylation sites (N-methyl/N-ethyl adjacent to an activating group) is 2. The quantitative estimate of drug-likeness (QED) is 0.226. The highest BCUT2D eigenvalue weighted by Crippen LogP contribution is 2.40. The van der Waals surface area contributed by atoms with Gasteiger partial charge in [0.05, 0.1) is 52.5 Å². The van der Waals surface area contributed by atoms with E-state index < -0.39 is 118 Å². The summed E-state index contributed by atoms with van der Waals surface area (Å²) in [6.45, 7) is 19.2. The SMILES string of the molecule is CC[C@@H]1OC(=O)[C@H](C)[C@H](O[C@@H]2C[C@](C)(OC)[C@H](O)[C@H](C)O2)[C@@H](C)[C@H](O[C@@H]2O[C@H](C)C[C@H](N(C)S(=O)(=O)c3ccc(C)cc3)[C@@H]2O)[C@](C)(O)C[C@H](C)CN(C)[C@H](C)[C@@H](O)[C@]1(C)O. The minimum atomic E-state index is -4.07. The van der Waals surface area contributed by atoms with Crippen LogP contribution in [0.2, 0.25) is 0 Å². The average Bonchev–Trinajstić information content (AvgIpc) is 3.18. The molecule has 0 unspecified atom stereocenters. The van der Waals surface area contributed by atoms with Gasteiger partial charge >= 0.3 is 5.97 Å². The van der Waals surface area contributed by atoms with Crippen molar-refractivity contribution in [3.05, 3.63) is 29.8 Å². The molecular weight excluding hydrogens is 813 g/mol. The monoisotopic (exact) mass is 889 g/mol. The molecule has 61 heavy (non-hydrogen) atoms. The molecule has 4 rings (SSSR count). The van der Waals surface area contributed by atoms with Crippen molar-refractivity contribution >= 4 is 16.0 Å². The molecule has 1 aromatic carbocycles. The number of carbonyl (C=O) groups is 1. The predicted octanol–water partition coefficient (Wildman–Crippen LogP) is 2.97. The third-order valence-electron chi connectivity index (χ3n) is 13.7. The summed E-state index contributed by atoms with van der Waals surface area (Å²) in [6, 6.07) is 4.84. The van der Waals surface area contributed by atoms with Gasteiger partial charge in [0.15, 0.2) is 12.6 Å². The fraction of sp³-hybridized carbons (Fsp3) is 0.841. The topological polar surface area (TPSA) is 214 Å². The normalized spacial score (nSPS) is 44.3. The van der Waals surface area contributed by atoms with E-state index in [1.807, 2.05) is 18.7 Å². The molecule has 3 aliphatic rings. The number of rotatable bonds is 9. The summed E-state index contributed by atoms with van der Waals surface area (Å²) in [6.07, 6.45) is -10.7. The van der Waals surface area contributed by atoms with E-state index in [-0.39, 0.29) is 36.5 Å². The van der Waals surface area contributed by atoms with E-state index in [0.29, 0.717) is 6.54 Å². The molecule has 3 saturated heterocycles. The molecule has 0 aliphatic carbocycles. The first-order chi connectivity index (χ1) is 28.1. The molecule has 0 spiro atoms. The lowest BCUT2D eigenvalue weighted by Crippen LogP contribution is -2.61. The maximum Gasteiger partial charge on any atom is 0.311 e. The Labute approximate surface area is 363 Å². The number of carbonyl (C=O) groups excluding carboxylic acids is 1. The minimum Gasteiger partial charge on any atom is -0.459 e. The van der Waals surface area contributed by atoms with E-state index in [1.54, 1.807) is 74.6 Å². The largest absolute Gasteiger partial charge is 0.459 e. The van der Waals surface area contributed by atoms with Gasteiger partial charge in [0.25, 0.3) is 0 Å². The van der Waals surface area contributed by atoms with Crippen molar-refractivity contribution in [3.63, 3.8) is 0 Å². The molecule has 5 N–H and O–H groups in total. The Morgan fingerprint density at radius 3 is 2.11 bits per heavy atom. The van der Waals surface area contributed by atoms with Crippen LogP contribution in [0.25, 0.3) is 0 Å². The number of aliphatic hydroxyl groups excluding tert-OH is 3. The minimum absolute atomic E-state index is 0.0626. The summed E-state index contributed by atoms with van der Waals surface area (Å²) in [5, 5.41) is 59.1. The highest BCUT2D eigenvalue weighted by molar-refractivity contribution is 7.89. The molecule has 0 bridgehead atoms. The van der Waals surface area contributed by atoms with Crippen LogP contribution in [0.3, 0.4) is 0 Å². The number of esters is 1. The number of hydrogen-bond donors (Lipinski definition) is 5. The van der Waals surface area contributed by atoms with Crippen molar-refractivity contribution in [1.29, 1.82) is 0 Å². The van der Waals surface area contributed by atoms with Crippen molar-refractivity contribution in [1.82, 2.24) is 9.21 Å². The van der Waals surface area contributed by atoms with E-state index >= 15 is 0 Å². The lowest BCUT2D eigenvalue weighted by Gasteiger charge is -2.48. The lowest BCUT2D eigenvalue weighted by molar-refractivity contribution is -0.317. The summed E-state index contributed by atoms with van der Waals surface area (Å²) in [4.78, 5) is 16.3. The third-order valence-corrected chi connectivity index (χ3v) is 15.6. The second-order valence-electron chi connectivity index (χ2n) is 19.0. The lowest BCUT2D eigenvalue weighted by atomic mass is 9.77. The smallest absolute Gasteiger partial charge is 0.311 e. The number of sulfonamides is 1. The zero-order valence-electron chi connectivity index (χ0n) is 38.7. The van der Waals surface area contributed by atoms with Gasteiger partial charge in [0, 0.05) is 39.1 Å². The Morgan fingerprint density at radius 2 is 1.54 bits per heavy atom. The molecule has 0 aromatic heterocycles. The second-order valence-corrected chi connectivity index (χ2v) is 21.0. The number of benzene rings is 1. The molecular formula is C44H76N2O14S. The molecule has 352 valence electrons. The van der Waals surface area contributed by atoms with E-state index in [0.717, 1.165) is 9.87 Å². The predicted molar refractivity (Wildman–Crippen MR) is 227 cm³/mol. The Balaban J connectivity index is 1.83. The molecule has 3 heterocycles. The van der Waals surface area contributed by atoms with Gasteiger partial charge in [0.2, 0.25) is 10.0 Å². The van der Waals surface area contributed by atoms with Crippen LogP contribution in [0.4, 0.5) is 0 Å². The molecule has 17 heteroatoms. The highest BCUT2D eigenvalue weighted by Gasteiger charge is 2.53. The number of hydrogen-bond acceptors (Lipinski definition) is 15. The maximum atomic E-state index is 14.4. The van der Waals surface area contributed by atoms with E-state index in [9.17, 15) is 38.7 Å². The summed E-state index contributed by atoms with van der Waals surface area (Å²) in [5.41, 5.74) is -3.78. The van der Waals surface area contributed by atoms with E-state index in [4.69, 9.17) is 28.4 Å². The van der Waals surface area contributed by atoms with Crippen molar-refractivity contribution in [2.75, 3.05) is 27.7 Å². The number of aliphatic hydroxyl groups is 5. The van der Waals surface area contributed by atoms with Crippen LogP contribution in [-0.2, 0) is 43.2 Å². The van der Waals surface area contributed by atoms with Gasteiger partial charge < -0.3 is 58.9 Å². The van der Waals surface area contributed by atoms with E-state index in [2.05, 4.69) is 0 Å². The van der Waals surface area contributed by atoms with Gasteiger partial charge in [-0.2, -0.15) is 4.31 Å². The summed E-state index contributed by atoms with van der Waals surface area (Å²) >= 11 is 0. The standard InChI is InChI=1S/C44H76N2O14S/c1-15-33-44(11,52)37(48)29(7)45(12)23-25(3)21-42(9,51)39(27(5)36(28(6)40(50)58-33)59-34-22-43(10,55-14)38(49)30(8)57-34)60-41-35(47)32(20-26(4)56-41)46(13)61(53,54)31-18-16-24(2)17-19-31/h16-19,25-30,32-39,41,47-49,51-52H,15,20-23H2,1-14H3/t25-,26+,27+,28+,29+,30-,32-,33-,34+,35-,36+,37+,38+,39-,41-,42+,43-,44+/m0/s1. The first kappa shape index (κ1) is 51.8.